The fourth-order valence-electron chi connectivity index (χ4n) is 4.79. The second-order valence-electron chi connectivity index (χ2n) is 6.64. The van der Waals surface area contributed by atoms with Gasteiger partial charge in [0.1, 0.15) is 0 Å². The second-order valence-corrected chi connectivity index (χ2v) is 6.64. The van der Waals surface area contributed by atoms with Gasteiger partial charge in [-0.1, -0.05) is 41.6 Å². The number of rotatable bonds is 1. The van der Waals surface area contributed by atoms with E-state index >= 15 is 0 Å². The van der Waals surface area contributed by atoms with E-state index < -0.39 is 0 Å². The SMILES string of the molecule is O/N=C1\[C@H]2CC[C@@H](C2)[C@H]1n1c2ccccc2c2ccccc21. The molecule has 0 saturated heterocycles. The molecule has 22 heavy (non-hydrogen) atoms. The Morgan fingerprint density at radius 3 is 2.18 bits per heavy atom. The lowest BCUT2D eigenvalue weighted by molar-refractivity contribution is 0.308. The molecule has 3 atom stereocenters. The van der Waals surface area contributed by atoms with Gasteiger partial charge in [0.15, 0.2) is 0 Å². The predicted octanol–water partition coefficient (Wildman–Crippen LogP) is 4.60. The molecule has 2 saturated carbocycles. The van der Waals surface area contributed by atoms with Crippen LogP contribution in [0.3, 0.4) is 0 Å². The van der Waals surface area contributed by atoms with E-state index in [0.29, 0.717) is 11.8 Å². The zero-order valence-electron chi connectivity index (χ0n) is 12.3. The zero-order chi connectivity index (χ0) is 14.7. The maximum absolute atomic E-state index is 9.58. The Kier molecular flexibility index (Phi) is 2.43. The Bertz CT molecular complexity index is 855. The molecule has 0 spiro atoms. The van der Waals surface area contributed by atoms with Gasteiger partial charge in [0.25, 0.3) is 0 Å². The Labute approximate surface area is 128 Å². The van der Waals surface area contributed by atoms with Gasteiger partial charge in [-0.25, -0.2) is 0 Å². The van der Waals surface area contributed by atoms with Crippen LogP contribution in [0.5, 0.6) is 0 Å². The molecule has 2 aromatic carbocycles. The summed E-state index contributed by atoms with van der Waals surface area (Å²) in [5.41, 5.74) is 3.49. The monoisotopic (exact) mass is 290 g/mol. The van der Waals surface area contributed by atoms with E-state index in [0.717, 1.165) is 5.71 Å². The quantitative estimate of drug-likeness (QED) is 0.516. The van der Waals surface area contributed by atoms with Gasteiger partial charge in [-0.2, -0.15) is 0 Å². The maximum atomic E-state index is 9.58. The second kappa shape index (κ2) is 4.35. The highest BCUT2D eigenvalue weighted by atomic mass is 16.4. The summed E-state index contributed by atoms with van der Waals surface area (Å²) in [4.78, 5) is 0. The molecule has 2 aliphatic rings. The van der Waals surface area contributed by atoms with E-state index in [9.17, 15) is 5.21 Å². The third-order valence-electron chi connectivity index (χ3n) is 5.65. The molecule has 0 unspecified atom stereocenters. The highest BCUT2D eigenvalue weighted by molar-refractivity contribution is 6.09. The number of para-hydroxylation sites is 2. The van der Waals surface area contributed by atoms with E-state index in [1.165, 1.54) is 41.1 Å². The average Bonchev–Trinajstić information content (AvgIpc) is 3.25. The van der Waals surface area contributed by atoms with E-state index in [4.69, 9.17) is 0 Å². The first kappa shape index (κ1) is 12.3. The Hall–Kier alpha value is -2.29. The van der Waals surface area contributed by atoms with Crippen molar-refractivity contribution in [1.29, 1.82) is 0 Å². The first-order chi connectivity index (χ1) is 10.9. The Balaban J connectivity index is 1.87. The number of aromatic nitrogens is 1. The third kappa shape index (κ3) is 1.43. The minimum absolute atomic E-state index is 0.216. The molecule has 2 bridgehead atoms. The van der Waals surface area contributed by atoms with Crippen LogP contribution in [-0.2, 0) is 0 Å². The Morgan fingerprint density at radius 1 is 0.909 bits per heavy atom. The van der Waals surface area contributed by atoms with Gasteiger partial charge < -0.3 is 9.77 Å². The fraction of sp³-hybridized carbons (Fsp3) is 0.316. The minimum atomic E-state index is 0.216. The van der Waals surface area contributed by atoms with Crippen molar-refractivity contribution in [1.82, 2.24) is 4.57 Å². The van der Waals surface area contributed by atoms with Crippen LogP contribution in [0.4, 0.5) is 0 Å². The number of benzene rings is 2. The molecule has 5 rings (SSSR count). The van der Waals surface area contributed by atoms with Gasteiger partial charge >= 0.3 is 0 Å². The highest BCUT2D eigenvalue weighted by Gasteiger charge is 2.47. The smallest absolute Gasteiger partial charge is 0.0832 e. The summed E-state index contributed by atoms with van der Waals surface area (Å²) in [6.07, 6.45) is 3.60. The number of fused-ring (bicyclic) bond motifs is 5. The van der Waals surface area contributed by atoms with Crippen molar-refractivity contribution in [3.8, 4) is 0 Å². The van der Waals surface area contributed by atoms with Gasteiger partial charge in [0.05, 0.1) is 11.8 Å². The Morgan fingerprint density at radius 2 is 1.55 bits per heavy atom. The summed E-state index contributed by atoms with van der Waals surface area (Å²) in [6.45, 7) is 0. The summed E-state index contributed by atoms with van der Waals surface area (Å²) in [7, 11) is 0. The van der Waals surface area contributed by atoms with Gasteiger partial charge in [0, 0.05) is 27.7 Å². The summed E-state index contributed by atoms with van der Waals surface area (Å²) in [6, 6.07) is 17.4. The molecule has 2 fully saturated rings. The van der Waals surface area contributed by atoms with E-state index in [2.05, 4.69) is 58.3 Å². The van der Waals surface area contributed by atoms with E-state index in [-0.39, 0.29) is 6.04 Å². The van der Waals surface area contributed by atoms with Crippen LogP contribution in [0.1, 0.15) is 25.3 Å². The minimum Gasteiger partial charge on any atom is -0.411 e. The van der Waals surface area contributed by atoms with Crippen LogP contribution >= 0.6 is 0 Å². The molecule has 2 aliphatic carbocycles. The average molecular weight is 290 g/mol. The number of nitrogens with zero attached hydrogens (tertiary/aromatic N) is 2. The molecule has 3 nitrogen and oxygen atoms in total. The van der Waals surface area contributed by atoms with Crippen LogP contribution in [0.2, 0.25) is 0 Å². The van der Waals surface area contributed by atoms with E-state index in [1.54, 1.807) is 0 Å². The molecule has 1 N–H and O–H groups in total. The molecule has 0 radical (unpaired) electrons. The fourth-order valence-corrected chi connectivity index (χ4v) is 4.79. The molecule has 110 valence electrons. The number of hydrogen-bond donors (Lipinski definition) is 1. The van der Waals surface area contributed by atoms with E-state index in [1.807, 2.05) is 0 Å². The molecule has 0 aliphatic heterocycles. The topological polar surface area (TPSA) is 37.5 Å². The van der Waals surface area contributed by atoms with Crippen molar-refractivity contribution in [3.05, 3.63) is 48.5 Å². The van der Waals surface area contributed by atoms with Crippen LogP contribution in [-0.4, -0.2) is 15.5 Å². The molecular formula is C19H18N2O. The van der Waals surface area contributed by atoms with Crippen molar-refractivity contribution < 1.29 is 5.21 Å². The molecule has 0 amide bonds. The summed E-state index contributed by atoms with van der Waals surface area (Å²) < 4.78 is 2.42. The van der Waals surface area contributed by atoms with Gasteiger partial charge in [0.2, 0.25) is 0 Å². The van der Waals surface area contributed by atoms with Crippen LogP contribution in [0.25, 0.3) is 21.8 Å². The normalized spacial score (nSPS) is 29.1. The molecule has 3 heteroatoms. The van der Waals surface area contributed by atoms with Crippen molar-refractivity contribution in [2.24, 2.45) is 17.0 Å². The van der Waals surface area contributed by atoms with Crippen molar-refractivity contribution in [3.63, 3.8) is 0 Å². The molecule has 3 aromatic rings. The van der Waals surface area contributed by atoms with Gasteiger partial charge in [-0.15, -0.1) is 0 Å². The maximum Gasteiger partial charge on any atom is 0.0832 e. The van der Waals surface area contributed by atoms with Crippen molar-refractivity contribution in [2.75, 3.05) is 0 Å². The number of oxime groups is 1. The third-order valence-corrected chi connectivity index (χ3v) is 5.65. The number of hydrogen-bond acceptors (Lipinski definition) is 2. The lowest BCUT2D eigenvalue weighted by atomic mass is 9.93. The lowest BCUT2D eigenvalue weighted by Crippen LogP contribution is -2.25. The van der Waals surface area contributed by atoms with Gasteiger partial charge in [-0.05, 0) is 37.3 Å². The largest absolute Gasteiger partial charge is 0.411 e. The predicted molar refractivity (Wildman–Crippen MR) is 88.5 cm³/mol. The lowest BCUT2D eigenvalue weighted by Gasteiger charge is -2.26. The van der Waals surface area contributed by atoms with Gasteiger partial charge in [-0.3, -0.25) is 0 Å². The first-order valence-electron chi connectivity index (χ1n) is 8.08. The van der Waals surface area contributed by atoms with Crippen LogP contribution in [0, 0.1) is 11.8 Å². The summed E-state index contributed by atoms with van der Waals surface area (Å²) >= 11 is 0. The van der Waals surface area contributed by atoms with Crippen LogP contribution < -0.4 is 0 Å². The summed E-state index contributed by atoms with van der Waals surface area (Å²) in [5, 5.41) is 15.9. The summed E-state index contributed by atoms with van der Waals surface area (Å²) in [5.74, 6) is 1.08. The highest BCUT2D eigenvalue weighted by Crippen LogP contribution is 2.51. The molecular weight excluding hydrogens is 272 g/mol. The standard InChI is InChI=1S/C19H18N2O/c22-20-18-12-9-10-13(11-12)19(18)21-16-7-3-1-5-14(16)15-6-2-4-8-17(15)21/h1-8,12-13,19,22H,9-11H2/b20-18+/t12-,13-,19+/m0/s1. The first-order valence-corrected chi connectivity index (χ1v) is 8.08. The van der Waals surface area contributed by atoms with Crippen molar-refractivity contribution >= 4 is 27.5 Å². The molecule has 1 heterocycles. The zero-order valence-corrected chi connectivity index (χ0v) is 12.3. The van der Waals surface area contributed by atoms with Crippen LogP contribution in [0.15, 0.2) is 53.7 Å². The molecule has 1 aromatic heterocycles. The van der Waals surface area contributed by atoms with Crippen molar-refractivity contribution in [2.45, 2.75) is 25.3 Å².